The highest BCUT2D eigenvalue weighted by molar-refractivity contribution is 5.98. The molecule has 1 aliphatic heterocycles. The van der Waals surface area contributed by atoms with Gasteiger partial charge < -0.3 is 25.8 Å². The molecule has 3 aromatic carbocycles. The lowest BCUT2D eigenvalue weighted by atomic mass is 9.89. The number of carbonyl (C=O) groups excluding carboxylic acids is 5. The monoisotopic (exact) mass is 629 g/mol. The van der Waals surface area contributed by atoms with Crippen molar-refractivity contribution in [3.63, 3.8) is 0 Å². The molecular weight excluding hydrogens is 586 g/mol. The summed E-state index contributed by atoms with van der Waals surface area (Å²) >= 11 is 0. The maximum Gasteiger partial charge on any atom is 0.408 e. The molecule has 10 heteroatoms. The summed E-state index contributed by atoms with van der Waals surface area (Å²) in [4.78, 5) is 65.2. The number of ketones is 2. The van der Waals surface area contributed by atoms with Crippen LogP contribution in [0.5, 0.6) is 0 Å². The summed E-state index contributed by atoms with van der Waals surface area (Å²) in [6.45, 7) is 1.95. The molecule has 1 saturated heterocycles. The fourth-order valence-corrected chi connectivity index (χ4v) is 5.02. The molecule has 1 fully saturated rings. The van der Waals surface area contributed by atoms with Gasteiger partial charge in [-0.1, -0.05) is 98.4 Å². The van der Waals surface area contributed by atoms with Crippen LogP contribution >= 0.6 is 0 Å². The van der Waals surface area contributed by atoms with Gasteiger partial charge >= 0.3 is 6.09 Å². The van der Waals surface area contributed by atoms with Crippen LogP contribution in [0.25, 0.3) is 0 Å². The van der Waals surface area contributed by atoms with Crippen molar-refractivity contribution in [2.45, 2.75) is 70.7 Å². The van der Waals surface area contributed by atoms with E-state index >= 15 is 0 Å². The molecule has 0 saturated carbocycles. The van der Waals surface area contributed by atoms with Crippen molar-refractivity contribution in [1.29, 1.82) is 0 Å². The summed E-state index contributed by atoms with van der Waals surface area (Å²) < 4.78 is 10.7. The van der Waals surface area contributed by atoms with Crippen molar-refractivity contribution in [2.75, 3.05) is 6.61 Å². The second kappa shape index (κ2) is 17.0. The van der Waals surface area contributed by atoms with E-state index < -0.39 is 47.3 Å². The number of benzene rings is 3. The Morgan fingerprint density at radius 1 is 0.804 bits per heavy atom. The molecule has 10 nitrogen and oxygen atoms in total. The van der Waals surface area contributed by atoms with Crippen LogP contribution in [0, 0.1) is 5.92 Å². The lowest BCUT2D eigenvalue weighted by Crippen LogP contribution is -2.50. The number of alkyl carbamates (subject to hydrolysis) is 1. The maximum absolute atomic E-state index is 13.9. The van der Waals surface area contributed by atoms with Gasteiger partial charge in [0.2, 0.25) is 11.8 Å². The Kier molecular flexibility index (Phi) is 13.2. The van der Waals surface area contributed by atoms with E-state index in [0.717, 1.165) is 16.7 Å². The van der Waals surface area contributed by atoms with Crippen molar-refractivity contribution >= 4 is 29.5 Å². The normalized spacial score (nSPS) is 16.9. The van der Waals surface area contributed by atoms with Crippen LogP contribution in [0.15, 0.2) is 91.0 Å². The molecule has 0 radical (unpaired) electrons. The van der Waals surface area contributed by atoms with Crippen molar-refractivity contribution in [1.82, 2.24) is 10.6 Å². The van der Waals surface area contributed by atoms with Crippen LogP contribution in [0.3, 0.4) is 0 Å². The number of hydrogen-bond donors (Lipinski definition) is 3. The zero-order valence-corrected chi connectivity index (χ0v) is 25.3. The summed E-state index contributed by atoms with van der Waals surface area (Å²) in [5.41, 5.74) is 6.81. The molecule has 0 aromatic heterocycles. The number of nitrogens with one attached hydrogen (secondary N) is 2. The summed E-state index contributed by atoms with van der Waals surface area (Å²) in [5.74, 6) is -2.70. The summed E-state index contributed by atoms with van der Waals surface area (Å²) in [6, 6.07) is 25.6. The number of Topliss-reactive ketones (excluding diaryl/α,β-unsaturated/α-hetero) is 2. The summed E-state index contributed by atoms with van der Waals surface area (Å²) in [7, 11) is 0. The second-order valence-corrected chi connectivity index (χ2v) is 11.5. The van der Waals surface area contributed by atoms with Gasteiger partial charge in [0.1, 0.15) is 12.2 Å². The van der Waals surface area contributed by atoms with Gasteiger partial charge in [0.25, 0.3) is 0 Å². The van der Waals surface area contributed by atoms with Crippen molar-refractivity contribution < 1.29 is 33.4 Å². The first kappa shape index (κ1) is 35.6. The Labute approximate surface area is 270 Å². The van der Waals surface area contributed by atoms with Gasteiger partial charge in [-0.25, -0.2) is 4.79 Å². The first-order valence-corrected chi connectivity index (χ1v) is 15.0. The molecule has 4 rings (SSSR count). The fourth-order valence-electron chi connectivity index (χ4n) is 5.02. The number of nitrogens with two attached hydrogens (primary N) is 1. The fraction of sp³-hybridized carbons (Fsp3) is 0.361. The summed E-state index contributed by atoms with van der Waals surface area (Å²) in [6.07, 6.45) is -0.845. The molecule has 0 spiro atoms. The summed E-state index contributed by atoms with van der Waals surface area (Å²) in [5, 5.41) is 5.45. The predicted octanol–water partition coefficient (Wildman–Crippen LogP) is 4.09. The Bertz CT molecular complexity index is 1460. The van der Waals surface area contributed by atoms with Crippen LogP contribution < -0.4 is 16.4 Å². The smallest absolute Gasteiger partial charge is 0.408 e. The Hall–Kier alpha value is -4.83. The van der Waals surface area contributed by atoms with Gasteiger partial charge in [0.15, 0.2) is 11.6 Å². The molecule has 0 bridgehead atoms. The first-order chi connectivity index (χ1) is 21.6. The van der Waals surface area contributed by atoms with Crippen LogP contribution in [0.1, 0.15) is 50.3 Å². The number of ether oxygens (including phenoxy) is 2. The molecule has 46 heavy (non-hydrogen) atoms. The molecular formula is C36H43N3O7. The molecule has 1 unspecified atom stereocenters. The maximum atomic E-state index is 13.9. The zero-order chi connectivity index (χ0) is 32.2. The SMILES string of the molecule is C.CC1(C(=O)[C@H](Cc2ccccc2)NC(=O)[C@@H](CC(=O)[C@H](CCC(N)=O)NC(=O)OCc2ccccc2)Cc2ccccc2)CO1. The Balaban J connectivity index is 0.00000576. The number of rotatable bonds is 17. The number of carbonyl (C=O) groups is 5. The van der Waals surface area contributed by atoms with E-state index in [1.807, 2.05) is 78.9 Å². The van der Waals surface area contributed by atoms with E-state index in [0.29, 0.717) is 0 Å². The Morgan fingerprint density at radius 3 is 1.85 bits per heavy atom. The van der Waals surface area contributed by atoms with E-state index in [2.05, 4.69) is 10.6 Å². The quantitative estimate of drug-likeness (QED) is 0.190. The van der Waals surface area contributed by atoms with Crippen molar-refractivity contribution in [3.8, 4) is 0 Å². The predicted molar refractivity (Wildman–Crippen MR) is 173 cm³/mol. The van der Waals surface area contributed by atoms with Crippen LogP contribution in [-0.2, 0) is 48.1 Å². The third-order valence-corrected chi connectivity index (χ3v) is 7.73. The van der Waals surface area contributed by atoms with E-state index in [9.17, 15) is 24.0 Å². The first-order valence-electron chi connectivity index (χ1n) is 15.0. The average molecular weight is 630 g/mol. The third kappa shape index (κ3) is 11.0. The van der Waals surface area contributed by atoms with Crippen molar-refractivity contribution in [3.05, 3.63) is 108 Å². The second-order valence-electron chi connectivity index (χ2n) is 11.5. The van der Waals surface area contributed by atoms with Gasteiger partial charge in [-0.3, -0.25) is 19.2 Å². The minimum absolute atomic E-state index is 0. The molecule has 3 amide bonds. The van der Waals surface area contributed by atoms with Crippen LogP contribution in [0.2, 0.25) is 0 Å². The lowest BCUT2D eigenvalue weighted by molar-refractivity contribution is -0.134. The minimum Gasteiger partial charge on any atom is -0.445 e. The minimum atomic E-state index is -1.12. The molecule has 244 valence electrons. The highest BCUT2D eigenvalue weighted by atomic mass is 16.6. The van der Waals surface area contributed by atoms with Crippen LogP contribution in [0.4, 0.5) is 4.79 Å². The van der Waals surface area contributed by atoms with Gasteiger partial charge in [0.05, 0.1) is 18.7 Å². The van der Waals surface area contributed by atoms with Gasteiger partial charge in [0, 0.05) is 18.8 Å². The number of amides is 3. The number of hydrogen-bond acceptors (Lipinski definition) is 7. The van der Waals surface area contributed by atoms with Gasteiger partial charge in [-0.15, -0.1) is 0 Å². The lowest BCUT2D eigenvalue weighted by Gasteiger charge is -2.25. The van der Waals surface area contributed by atoms with E-state index in [-0.39, 0.29) is 58.5 Å². The molecule has 4 atom stereocenters. The molecule has 4 N–H and O–H groups in total. The van der Waals surface area contributed by atoms with Gasteiger partial charge in [-0.2, -0.15) is 0 Å². The molecule has 3 aromatic rings. The molecule has 0 aliphatic carbocycles. The molecule has 1 aliphatic rings. The largest absolute Gasteiger partial charge is 0.445 e. The zero-order valence-electron chi connectivity index (χ0n) is 25.3. The van der Waals surface area contributed by atoms with Gasteiger partial charge in [-0.05, 0) is 42.9 Å². The topological polar surface area (TPSA) is 157 Å². The van der Waals surface area contributed by atoms with Crippen molar-refractivity contribution in [2.24, 2.45) is 11.7 Å². The average Bonchev–Trinajstić information content (AvgIpc) is 3.80. The van der Waals surface area contributed by atoms with E-state index in [1.165, 1.54) is 0 Å². The highest BCUT2D eigenvalue weighted by Crippen LogP contribution is 2.29. The Morgan fingerprint density at radius 2 is 1.33 bits per heavy atom. The highest BCUT2D eigenvalue weighted by Gasteiger charge is 2.50. The van der Waals surface area contributed by atoms with Crippen LogP contribution in [-0.4, -0.2) is 53.8 Å². The van der Waals surface area contributed by atoms with E-state index in [1.54, 1.807) is 19.1 Å². The standard InChI is InChI=1S/C35H39N3O7.CH4/c1-35(23-45-35)32(41)29(20-25-13-7-3-8-14-25)37-33(42)27(19-24-11-5-2-6-12-24)21-30(39)28(17-18-31(36)40)38-34(43)44-22-26-15-9-4-10-16-26;/h2-16,27-29H,17-23H2,1H3,(H2,36,40)(H,37,42)(H,38,43);1H4/t27-,28+,29+,35?;/m1./s1. The number of primary amides is 1. The third-order valence-electron chi connectivity index (χ3n) is 7.73. The molecule has 1 heterocycles. The van der Waals surface area contributed by atoms with E-state index in [4.69, 9.17) is 15.2 Å². The number of epoxide rings is 1.